The van der Waals surface area contributed by atoms with Crippen LogP contribution < -0.4 is 10.1 Å². The smallest absolute Gasteiger partial charge is 0.251 e. The number of nitrogens with one attached hydrogen (secondary N) is 1. The van der Waals surface area contributed by atoms with Crippen LogP contribution in [-0.4, -0.2) is 40.1 Å². The molecule has 1 fully saturated rings. The SMILES string of the molecule is C=CCOc1ccc(C(=O)NCCCc2nnc(SC)n2C2CCCC2)cc1. The van der Waals surface area contributed by atoms with Gasteiger partial charge >= 0.3 is 0 Å². The molecule has 0 bridgehead atoms. The third kappa shape index (κ3) is 5.16. The Balaban J connectivity index is 1.48. The Bertz CT molecular complexity index is 782. The number of hydrogen-bond donors (Lipinski definition) is 1. The van der Waals surface area contributed by atoms with Crippen molar-refractivity contribution < 1.29 is 9.53 Å². The average Bonchev–Trinajstić information content (AvgIpc) is 3.39. The fraction of sp³-hybridized carbons (Fsp3) is 0.476. The van der Waals surface area contributed by atoms with Gasteiger partial charge in [-0.25, -0.2) is 0 Å². The number of hydrogen-bond acceptors (Lipinski definition) is 5. The van der Waals surface area contributed by atoms with Gasteiger partial charge in [0.25, 0.3) is 5.91 Å². The van der Waals surface area contributed by atoms with Crippen LogP contribution in [-0.2, 0) is 6.42 Å². The first-order valence-corrected chi connectivity index (χ1v) is 11.0. The van der Waals surface area contributed by atoms with E-state index in [4.69, 9.17) is 4.74 Å². The third-order valence-electron chi connectivity index (χ3n) is 4.95. The molecule has 1 amide bonds. The molecule has 0 atom stereocenters. The van der Waals surface area contributed by atoms with E-state index in [0.29, 0.717) is 24.8 Å². The second kappa shape index (κ2) is 10.3. The van der Waals surface area contributed by atoms with Crippen molar-refractivity contribution in [1.29, 1.82) is 0 Å². The van der Waals surface area contributed by atoms with Gasteiger partial charge in [0, 0.05) is 24.6 Å². The Kier molecular flexibility index (Phi) is 7.54. The molecule has 6 nitrogen and oxygen atoms in total. The lowest BCUT2D eigenvalue weighted by molar-refractivity contribution is 0.0953. The van der Waals surface area contributed by atoms with Crippen LogP contribution in [0.15, 0.2) is 42.1 Å². The molecule has 28 heavy (non-hydrogen) atoms. The molecule has 0 saturated heterocycles. The predicted molar refractivity (Wildman–Crippen MR) is 112 cm³/mol. The number of rotatable bonds is 10. The maximum absolute atomic E-state index is 12.3. The molecule has 1 aliphatic carbocycles. The highest BCUT2D eigenvalue weighted by Crippen LogP contribution is 2.33. The molecule has 1 saturated carbocycles. The van der Waals surface area contributed by atoms with Crippen molar-refractivity contribution in [2.75, 3.05) is 19.4 Å². The van der Waals surface area contributed by atoms with Gasteiger partial charge < -0.3 is 14.6 Å². The Labute approximate surface area is 170 Å². The van der Waals surface area contributed by atoms with E-state index in [1.807, 2.05) is 6.26 Å². The van der Waals surface area contributed by atoms with Gasteiger partial charge in [0.05, 0.1) is 0 Å². The minimum absolute atomic E-state index is 0.0719. The largest absolute Gasteiger partial charge is 0.490 e. The first-order chi connectivity index (χ1) is 13.7. The second-order valence-electron chi connectivity index (χ2n) is 6.89. The summed E-state index contributed by atoms with van der Waals surface area (Å²) in [6, 6.07) is 7.67. The van der Waals surface area contributed by atoms with Crippen molar-refractivity contribution >= 4 is 17.7 Å². The van der Waals surface area contributed by atoms with E-state index >= 15 is 0 Å². The minimum atomic E-state index is -0.0719. The molecule has 3 rings (SSSR count). The number of carbonyl (C=O) groups is 1. The molecule has 1 aromatic heterocycles. The Hall–Kier alpha value is -2.28. The van der Waals surface area contributed by atoms with Crippen LogP contribution in [0.4, 0.5) is 0 Å². The van der Waals surface area contributed by atoms with E-state index in [-0.39, 0.29) is 5.91 Å². The number of benzene rings is 1. The van der Waals surface area contributed by atoms with Gasteiger partial charge in [-0.15, -0.1) is 10.2 Å². The second-order valence-corrected chi connectivity index (χ2v) is 7.67. The number of ether oxygens (including phenoxy) is 1. The van der Waals surface area contributed by atoms with Crippen LogP contribution in [0.2, 0.25) is 0 Å². The first kappa shape index (κ1) is 20.5. The molecule has 150 valence electrons. The number of aromatic nitrogens is 3. The highest BCUT2D eigenvalue weighted by atomic mass is 32.2. The van der Waals surface area contributed by atoms with Crippen LogP contribution in [0, 0.1) is 0 Å². The molecule has 0 unspecified atom stereocenters. The normalized spacial score (nSPS) is 14.2. The summed E-state index contributed by atoms with van der Waals surface area (Å²) in [5.74, 6) is 1.69. The van der Waals surface area contributed by atoms with Crippen LogP contribution in [0.25, 0.3) is 0 Å². The van der Waals surface area contributed by atoms with Gasteiger partial charge in [-0.3, -0.25) is 4.79 Å². The zero-order chi connectivity index (χ0) is 19.8. The average molecular weight is 401 g/mol. The van der Waals surface area contributed by atoms with Crippen molar-refractivity contribution in [3.63, 3.8) is 0 Å². The Morgan fingerprint density at radius 2 is 2.07 bits per heavy atom. The number of carbonyl (C=O) groups excluding carboxylic acids is 1. The molecule has 7 heteroatoms. The minimum Gasteiger partial charge on any atom is -0.490 e. The summed E-state index contributed by atoms with van der Waals surface area (Å²) in [5, 5.41) is 12.7. The van der Waals surface area contributed by atoms with Gasteiger partial charge in [-0.1, -0.05) is 37.3 Å². The van der Waals surface area contributed by atoms with E-state index in [1.54, 1.807) is 42.1 Å². The molecule has 0 aliphatic heterocycles. The van der Waals surface area contributed by atoms with Gasteiger partial charge in [0.2, 0.25) is 0 Å². The summed E-state index contributed by atoms with van der Waals surface area (Å²) in [6.45, 7) is 4.68. The standard InChI is InChI=1S/C21H28N4O2S/c1-3-15-27-18-12-10-16(11-13-18)20(26)22-14-6-9-19-23-24-21(28-2)25(19)17-7-4-5-8-17/h3,10-13,17H,1,4-9,14-15H2,2H3,(H,22,26). The van der Waals surface area contributed by atoms with Gasteiger partial charge in [0.1, 0.15) is 18.2 Å². The van der Waals surface area contributed by atoms with E-state index in [9.17, 15) is 4.79 Å². The molecule has 1 heterocycles. The van der Waals surface area contributed by atoms with E-state index in [2.05, 4.69) is 26.7 Å². The highest BCUT2D eigenvalue weighted by Gasteiger charge is 2.23. The van der Waals surface area contributed by atoms with Crippen molar-refractivity contribution in [3.8, 4) is 5.75 Å². The van der Waals surface area contributed by atoms with Crippen molar-refractivity contribution in [3.05, 3.63) is 48.3 Å². The molecule has 2 aromatic rings. The highest BCUT2D eigenvalue weighted by molar-refractivity contribution is 7.98. The summed E-state index contributed by atoms with van der Waals surface area (Å²) in [5.41, 5.74) is 0.629. The van der Waals surface area contributed by atoms with E-state index < -0.39 is 0 Å². The lowest BCUT2D eigenvalue weighted by atomic mass is 10.2. The topological polar surface area (TPSA) is 69.0 Å². The fourth-order valence-electron chi connectivity index (χ4n) is 3.55. The number of aryl methyl sites for hydroxylation is 1. The summed E-state index contributed by atoms with van der Waals surface area (Å²) in [7, 11) is 0. The third-order valence-corrected chi connectivity index (χ3v) is 5.60. The summed E-state index contributed by atoms with van der Waals surface area (Å²) in [6.07, 6.45) is 10.4. The van der Waals surface area contributed by atoms with Crippen LogP contribution in [0.5, 0.6) is 5.75 Å². The number of amides is 1. The maximum Gasteiger partial charge on any atom is 0.251 e. The molecule has 1 N–H and O–H groups in total. The van der Waals surface area contributed by atoms with Crippen LogP contribution >= 0.6 is 11.8 Å². The number of nitrogens with zero attached hydrogens (tertiary/aromatic N) is 3. The summed E-state index contributed by atoms with van der Waals surface area (Å²) < 4.78 is 7.76. The molecule has 1 aromatic carbocycles. The lowest BCUT2D eigenvalue weighted by Gasteiger charge is -2.16. The molecule has 1 aliphatic rings. The quantitative estimate of drug-likeness (QED) is 0.370. The van der Waals surface area contributed by atoms with Crippen molar-refractivity contribution in [2.24, 2.45) is 0 Å². The Morgan fingerprint density at radius 1 is 1.32 bits per heavy atom. The number of thioether (sulfide) groups is 1. The Morgan fingerprint density at radius 3 is 2.75 bits per heavy atom. The molecule has 0 radical (unpaired) electrons. The van der Waals surface area contributed by atoms with Crippen molar-refractivity contribution in [2.45, 2.75) is 49.7 Å². The zero-order valence-corrected chi connectivity index (χ0v) is 17.2. The summed E-state index contributed by atoms with van der Waals surface area (Å²) in [4.78, 5) is 12.3. The zero-order valence-electron chi connectivity index (χ0n) is 16.4. The molecular formula is C21H28N4O2S. The maximum atomic E-state index is 12.3. The van der Waals surface area contributed by atoms with Crippen molar-refractivity contribution in [1.82, 2.24) is 20.1 Å². The van der Waals surface area contributed by atoms with Gasteiger partial charge in [0.15, 0.2) is 5.16 Å². The first-order valence-electron chi connectivity index (χ1n) is 9.82. The van der Waals surface area contributed by atoms with Crippen LogP contribution in [0.1, 0.15) is 54.3 Å². The monoisotopic (exact) mass is 400 g/mol. The van der Waals surface area contributed by atoms with E-state index in [0.717, 1.165) is 29.6 Å². The molecular weight excluding hydrogens is 372 g/mol. The predicted octanol–water partition coefficient (Wildman–Crippen LogP) is 4.04. The fourth-order valence-corrected chi connectivity index (χ4v) is 4.13. The van der Waals surface area contributed by atoms with Gasteiger partial charge in [-0.2, -0.15) is 0 Å². The van der Waals surface area contributed by atoms with E-state index in [1.165, 1.54) is 25.7 Å². The van der Waals surface area contributed by atoms with Crippen LogP contribution in [0.3, 0.4) is 0 Å². The van der Waals surface area contributed by atoms with Gasteiger partial charge in [-0.05, 0) is 49.8 Å². The summed E-state index contributed by atoms with van der Waals surface area (Å²) >= 11 is 1.65. The molecule has 0 spiro atoms. The lowest BCUT2D eigenvalue weighted by Crippen LogP contribution is -2.25.